The van der Waals surface area contributed by atoms with Crippen molar-refractivity contribution in [2.75, 3.05) is 6.61 Å². The van der Waals surface area contributed by atoms with Crippen molar-refractivity contribution in [3.63, 3.8) is 0 Å². The molecule has 1 aromatic carbocycles. The molecule has 0 aliphatic heterocycles. The van der Waals surface area contributed by atoms with Crippen molar-refractivity contribution in [3.8, 4) is 0 Å². The van der Waals surface area contributed by atoms with Crippen molar-refractivity contribution >= 4 is 37.8 Å². The van der Waals surface area contributed by atoms with Gasteiger partial charge < -0.3 is 10.4 Å². The summed E-state index contributed by atoms with van der Waals surface area (Å²) in [6.45, 7) is 0.00785. The van der Waals surface area contributed by atoms with Crippen LogP contribution in [0.15, 0.2) is 27.1 Å². The Morgan fingerprint density at radius 2 is 1.74 bits per heavy atom. The average molecular weight is 391 g/mol. The lowest BCUT2D eigenvalue weighted by Crippen LogP contribution is -2.52. The second-order valence-corrected chi connectivity index (χ2v) is 6.94. The number of halogens is 2. The fraction of sp³-hybridized carbons (Fsp3) is 0.500. The van der Waals surface area contributed by atoms with E-state index in [4.69, 9.17) is 0 Å². The van der Waals surface area contributed by atoms with Crippen LogP contribution < -0.4 is 5.32 Å². The van der Waals surface area contributed by atoms with Gasteiger partial charge in [0.15, 0.2) is 0 Å². The standard InChI is InChI=1S/C14H17Br2NO2/c15-11-6-10(7-12(16)8-11)13(19)17-14(9-18)4-2-1-3-5-14/h6-8,18H,1-5,9H2,(H,17,19). The molecule has 3 nitrogen and oxygen atoms in total. The van der Waals surface area contributed by atoms with Gasteiger partial charge in [-0.15, -0.1) is 0 Å². The molecule has 2 N–H and O–H groups in total. The number of aliphatic hydroxyl groups is 1. The van der Waals surface area contributed by atoms with Crippen LogP contribution in [-0.4, -0.2) is 23.2 Å². The van der Waals surface area contributed by atoms with E-state index in [2.05, 4.69) is 37.2 Å². The van der Waals surface area contributed by atoms with Crippen LogP contribution in [0, 0.1) is 0 Å². The maximum atomic E-state index is 12.3. The van der Waals surface area contributed by atoms with Crippen LogP contribution in [-0.2, 0) is 0 Å². The summed E-state index contributed by atoms with van der Waals surface area (Å²) in [5.74, 6) is -0.127. The minimum atomic E-state index is -0.440. The maximum Gasteiger partial charge on any atom is 0.251 e. The van der Waals surface area contributed by atoms with Gasteiger partial charge in [0.25, 0.3) is 5.91 Å². The monoisotopic (exact) mass is 389 g/mol. The van der Waals surface area contributed by atoms with Gasteiger partial charge in [-0.05, 0) is 31.0 Å². The smallest absolute Gasteiger partial charge is 0.251 e. The Morgan fingerprint density at radius 1 is 1.16 bits per heavy atom. The largest absolute Gasteiger partial charge is 0.394 e. The number of hydrogen-bond acceptors (Lipinski definition) is 2. The Morgan fingerprint density at radius 3 is 2.26 bits per heavy atom. The lowest BCUT2D eigenvalue weighted by molar-refractivity contribution is 0.0758. The lowest BCUT2D eigenvalue weighted by Gasteiger charge is -2.36. The molecule has 0 atom stereocenters. The Balaban J connectivity index is 2.15. The molecule has 2 rings (SSSR count). The first kappa shape index (κ1) is 15.0. The molecule has 1 aliphatic carbocycles. The zero-order chi connectivity index (χ0) is 13.9. The number of rotatable bonds is 3. The SMILES string of the molecule is O=C(NC1(CO)CCCCC1)c1cc(Br)cc(Br)c1. The second kappa shape index (κ2) is 6.37. The van der Waals surface area contributed by atoms with Crippen LogP contribution in [0.2, 0.25) is 0 Å². The number of aliphatic hydroxyl groups excluding tert-OH is 1. The summed E-state index contributed by atoms with van der Waals surface area (Å²) in [4.78, 5) is 12.3. The molecule has 1 aromatic rings. The molecule has 5 heteroatoms. The molecule has 0 bridgehead atoms. The summed E-state index contributed by atoms with van der Waals surface area (Å²) in [5, 5.41) is 12.6. The molecule has 0 spiro atoms. The van der Waals surface area contributed by atoms with E-state index in [1.807, 2.05) is 6.07 Å². The maximum absolute atomic E-state index is 12.3. The molecule has 1 amide bonds. The third kappa shape index (κ3) is 3.80. The van der Waals surface area contributed by atoms with E-state index in [0.29, 0.717) is 5.56 Å². The normalized spacial score (nSPS) is 18.1. The summed E-state index contributed by atoms with van der Waals surface area (Å²) in [6.07, 6.45) is 5.00. The quantitative estimate of drug-likeness (QED) is 0.827. The molecular formula is C14H17Br2NO2. The molecule has 104 valence electrons. The minimum Gasteiger partial charge on any atom is -0.394 e. The Labute approximate surface area is 130 Å². The van der Waals surface area contributed by atoms with Gasteiger partial charge in [0.05, 0.1) is 12.1 Å². The zero-order valence-electron chi connectivity index (χ0n) is 10.6. The van der Waals surface area contributed by atoms with Gasteiger partial charge in [-0.25, -0.2) is 0 Å². The number of benzene rings is 1. The van der Waals surface area contributed by atoms with Gasteiger partial charge in [-0.1, -0.05) is 51.1 Å². The molecule has 0 aromatic heterocycles. The highest BCUT2D eigenvalue weighted by atomic mass is 79.9. The highest BCUT2D eigenvalue weighted by molar-refractivity contribution is 9.11. The van der Waals surface area contributed by atoms with Crippen molar-refractivity contribution < 1.29 is 9.90 Å². The first-order valence-corrected chi connectivity index (χ1v) is 8.03. The molecule has 0 unspecified atom stereocenters. The Hall–Kier alpha value is -0.390. The fourth-order valence-electron chi connectivity index (χ4n) is 2.55. The van der Waals surface area contributed by atoms with Crippen LogP contribution >= 0.6 is 31.9 Å². The van der Waals surface area contributed by atoms with Crippen LogP contribution in [0.25, 0.3) is 0 Å². The topological polar surface area (TPSA) is 49.3 Å². The van der Waals surface area contributed by atoms with Gasteiger partial charge >= 0.3 is 0 Å². The van der Waals surface area contributed by atoms with Crippen LogP contribution in [0.5, 0.6) is 0 Å². The molecule has 0 heterocycles. The van der Waals surface area contributed by atoms with E-state index in [1.54, 1.807) is 12.1 Å². The van der Waals surface area contributed by atoms with Crippen LogP contribution in [0.1, 0.15) is 42.5 Å². The predicted octanol–water partition coefficient (Wildman–Crippen LogP) is 3.64. The van der Waals surface area contributed by atoms with E-state index in [-0.39, 0.29) is 12.5 Å². The van der Waals surface area contributed by atoms with E-state index in [9.17, 15) is 9.90 Å². The second-order valence-electron chi connectivity index (χ2n) is 5.11. The van der Waals surface area contributed by atoms with Crippen LogP contribution in [0.4, 0.5) is 0 Å². The summed E-state index contributed by atoms with van der Waals surface area (Å²) in [6, 6.07) is 5.46. The number of carbonyl (C=O) groups is 1. The number of hydrogen-bond donors (Lipinski definition) is 2. The molecular weight excluding hydrogens is 374 g/mol. The van der Waals surface area contributed by atoms with Gasteiger partial charge in [-0.2, -0.15) is 0 Å². The summed E-state index contributed by atoms with van der Waals surface area (Å²) >= 11 is 6.76. The van der Waals surface area contributed by atoms with Crippen molar-refractivity contribution in [2.45, 2.75) is 37.6 Å². The van der Waals surface area contributed by atoms with Gasteiger partial charge in [0.2, 0.25) is 0 Å². The lowest BCUT2D eigenvalue weighted by atomic mass is 9.82. The third-order valence-electron chi connectivity index (χ3n) is 3.62. The van der Waals surface area contributed by atoms with Crippen molar-refractivity contribution in [1.29, 1.82) is 0 Å². The zero-order valence-corrected chi connectivity index (χ0v) is 13.8. The van der Waals surface area contributed by atoms with Crippen molar-refractivity contribution in [2.24, 2.45) is 0 Å². The molecule has 1 aliphatic rings. The summed E-state index contributed by atoms with van der Waals surface area (Å²) < 4.78 is 1.71. The number of nitrogens with one attached hydrogen (secondary N) is 1. The van der Waals surface area contributed by atoms with Crippen molar-refractivity contribution in [3.05, 3.63) is 32.7 Å². The average Bonchev–Trinajstić information content (AvgIpc) is 2.38. The molecule has 0 saturated heterocycles. The molecule has 0 radical (unpaired) electrons. The first-order valence-electron chi connectivity index (χ1n) is 6.44. The number of amides is 1. The summed E-state index contributed by atoms with van der Waals surface area (Å²) in [7, 11) is 0. The summed E-state index contributed by atoms with van der Waals surface area (Å²) in [5.41, 5.74) is 0.157. The Bertz CT molecular complexity index is 450. The predicted molar refractivity (Wildman–Crippen MR) is 82.2 cm³/mol. The molecule has 1 saturated carbocycles. The van der Waals surface area contributed by atoms with Gasteiger partial charge in [0.1, 0.15) is 0 Å². The van der Waals surface area contributed by atoms with E-state index < -0.39 is 5.54 Å². The van der Waals surface area contributed by atoms with E-state index in [0.717, 1.165) is 34.6 Å². The Kier molecular flexibility index (Phi) is 5.03. The highest BCUT2D eigenvalue weighted by Gasteiger charge is 2.33. The van der Waals surface area contributed by atoms with Gasteiger partial charge in [0, 0.05) is 14.5 Å². The minimum absolute atomic E-state index is 0.00785. The van der Waals surface area contributed by atoms with Gasteiger partial charge in [-0.3, -0.25) is 4.79 Å². The number of carbonyl (C=O) groups excluding carboxylic acids is 1. The fourth-order valence-corrected chi connectivity index (χ4v) is 3.84. The van der Waals surface area contributed by atoms with Crippen molar-refractivity contribution in [1.82, 2.24) is 5.32 Å². The van der Waals surface area contributed by atoms with E-state index >= 15 is 0 Å². The molecule has 19 heavy (non-hydrogen) atoms. The molecule has 1 fully saturated rings. The van der Waals surface area contributed by atoms with E-state index in [1.165, 1.54) is 6.42 Å². The van der Waals surface area contributed by atoms with Crippen LogP contribution in [0.3, 0.4) is 0 Å². The first-order chi connectivity index (χ1) is 9.04. The highest BCUT2D eigenvalue weighted by Crippen LogP contribution is 2.28. The third-order valence-corrected chi connectivity index (χ3v) is 4.53.